The molecule has 126 valence electrons. The van der Waals surface area contributed by atoms with Gasteiger partial charge in [-0.15, -0.1) is 0 Å². The second-order valence-corrected chi connectivity index (χ2v) is 5.77. The minimum atomic E-state index is -0.308. The predicted molar refractivity (Wildman–Crippen MR) is 86.9 cm³/mol. The van der Waals surface area contributed by atoms with Crippen LogP contribution in [0.3, 0.4) is 0 Å². The molecule has 0 aromatic carbocycles. The highest BCUT2D eigenvalue weighted by Gasteiger charge is 2.28. The van der Waals surface area contributed by atoms with Crippen LogP contribution in [0.5, 0.6) is 5.75 Å². The molecular weight excluding hydrogens is 322 g/mol. The molecule has 0 saturated carbocycles. The van der Waals surface area contributed by atoms with E-state index in [0.29, 0.717) is 40.9 Å². The maximum absolute atomic E-state index is 12.4. The van der Waals surface area contributed by atoms with Gasteiger partial charge in [-0.3, -0.25) is 14.8 Å². The highest BCUT2D eigenvalue weighted by molar-refractivity contribution is 5.94. The van der Waals surface area contributed by atoms with E-state index in [2.05, 4.69) is 25.4 Å². The van der Waals surface area contributed by atoms with Crippen molar-refractivity contribution >= 4 is 5.91 Å². The Hall–Kier alpha value is -3.29. The molecule has 0 bridgehead atoms. The number of amides is 1. The van der Waals surface area contributed by atoms with Crippen molar-refractivity contribution in [2.45, 2.75) is 19.9 Å². The number of pyridine rings is 2. The smallest absolute Gasteiger partial charge is 0.252 e. The Labute approximate surface area is 143 Å². The quantitative estimate of drug-likeness (QED) is 0.779. The van der Waals surface area contributed by atoms with E-state index < -0.39 is 0 Å². The highest BCUT2D eigenvalue weighted by Crippen LogP contribution is 2.33. The zero-order chi connectivity index (χ0) is 17.4. The summed E-state index contributed by atoms with van der Waals surface area (Å²) in [6.45, 7) is 3.89. The van der Waals surface area contributed by atoms with E-state index in [4.69, 9.17) is 9.26 Å². The summed E-state index contributed by atoms with van der Waals surface area (Å²) in [6, 6.07) is 4.90. The van der Waals surface area contributed by atoms with Crippen LogP contribution >= 0.6 is 0 Å². The van der Waals surface area contributed by atoms with Crippen LogP contribution in [0.2, 0.25) is 0 Å². The lowest BCUT2D eigenvalue weighted by Gasteiger charge is -2.11. The van der Waals surface area contributed by atoms with E-state index in [1.165, 1.54) is 0 Å². The van der Waals surface area contributed by atoms with Crippen molar-refractivity contribution in [3.8, 4) is 17.1 Å². The number of ether oxygens (including phenoxy) is 1. The average Bonchev–Trinajstić information content (AvgIpc) is 3.21. The lowest BCUT2D eigenvalue weighted by molar-refractivity contribution is 0.0929. The predicted octanol–water partition coefficient (Wildman–Crippen LogP) is 2.01. The standard InChI is InChI=1S/C17H15N5O3/c1-9-5-11(3-4-18-9)17(23)21-13-8-24-14-6-12(7-19-15(13)14)16-20-10(2)25-22-16/h3-7,13H,8H2,1-2H3,(H,21,23)/t13-/m1/s1. The fourth-order valence-electron chi connectivity index (χ4n) is 2.66. The number of nitrogens with zero attached hydrogens (tertiary/aromatic N) is 4. The molecule has 1 atom stereocenters. The molecule has 0 fully saturated rings. The Morgan fingerprint density at radius 3 is 2.92 bits per heavy atom. The van der Waals surface area contributed by atoms with Crippen molar-refractivity contribution in [1.82, 2.24) is 25.4 Å². The van der Waals surface area contributed by atoms with E-state index >= 15 is 0 Å². The van der Waals surface area contributed by atoms with Gasteiger partial charge < -0.3 is 14.6 Å². The van der Waals surface area contributed by atoms with Crippen molar-refractivity contribution in [2.24, 2.45) is 0 Å². The number of rotatable bonds is 3. The van der Waals surface area contributed by atoms with Crippen LogP contribution in [0.25, 0.3) is 11.4 Å². The molecule has 1 amide bonds. The molecule has 0 saturated heterocycles. The van der Waals surface area contributed by atoms with E-state index in [0.717, 1.165) is 5.69 Å². The summed E-state index contributed by atoms with van der Waals surface area (Å²) >= 11 is 0. The monoisotopic (exact) mass is 337 g/mol. The third-order valence-electron chi connectivity index (χ3n) is 3.87. The van der Waals surface area contributed by atoms with Crippen LogP contribution in [0, 0.1) is 13.8 Å². The lowest BCUT2D eigenvalue weighted by Crippen LogP contribution is -2.29. The number of carbonyl (C=O) groups is 1. The van der Waals surface area contributed by atoms with Crippen LogP contribution in [0.4, 0.5) is 0 Å². The molecule has 8 heteroatoms. The molecule has 0 unspecified atom stereocenters. The summed E-state index contributed by atoms with van der Waals surface area (Å²) < 4.78 is 10.6. The summed E-state index contributed by atoms with van der Waals surface area (Å²) in [5.41, 5.74) is 2.73. The molecule has 4 heterocycles. The molecule has 0 aliphatic carbocycles. The minimum Gasteiger partial charge on any atom is -0.489 e. The van der Waals surface area contributed by atoms with Crippen molar-refractivity contribution in [1.29, 1.82) is 0 Å². The van der Waals surface area contributed by atoms with Crippen LogP contribution in [-0.4, -0.2) is 32.6 Å². The SMILES string of the molecule is Cc1cc(C(=O)N[C@@H]2COc3cc(-c4noc(C)n4)cnc32)ccn1. The van der Waals surface area contributed by atoms with Crippen LogP contribution in [0.1, 0.15) is 33.7 Å². The van der Waals surface area contributed by atoms with Crippen molar-refractivity contribution < 1.29 is 14.1 Å². The lowest BCUT2D eigenvalue weighted by atomic mass is 10.1. The number of carbonyl (C=O) groups excluding carboxylic acids is 1. The molecule has 8 nitrogen and oxygen atoms in total. The molecule has 1 aliphatic rings. The molecule has 0 spiro atoms. The van der Waals surface area contributed by atoms with Gasteiger partial charge in [-0.05, 0) is 25.1 Å². The number of hydrogen-bond acceptors (Lipinski definition) is 7. The maximum atomic E-state index is 12.4. The van der Waals surface area contributed by atoms with Gasteiger partial charge in [-0.25, -0.2) is 0 Å². The molecule has 25 heavy (non-hydrogen) atoms. The number of hydrogen-bond donors (Lipinski definition) is 1. The largest absolute Gasteiger partial charge is 0.489 e. The Morgan fingerprint density at radius 1 is 1.28 bits per heavy atom. The van der Waals surface area contributed by atoms with E-state index in [1.807, 2.05) is 6.92 Å². The van der Waals surface area contributed by atoms with Crippen molar-refractivity contribution in [3.63, 3.8) is 0 Å². The fourth-order valence-corrected chi connectivity index (χ4v) is 2.66. The summed E-state index contributed by atoms with van der Waals surface area (Å²) in [6.07, 6.45) is 3.26. The van der Waals surface area contributed by atoms with Crippen molar-refractivity contribution in [2.75, 3.05) is 6.61 Å². The van der Waals surface area contributed by atoms with Gasteiger partial charge in [0.1, 0.15) is 24.1 Å². The topological polar surface area (TPSA) is 103 Å². The number of aryl methyl sites for hydroxylation is 2. The Bertz CT molecular complexity index is 953. The third-order valence-corrected chi connectivity index (χ3v) is 3.87. The zero-order valence-electron chi connectivity index (χ0n) is 13.7. The second-order valence-electron chi connectivity index (χ2n) is 5.77. The van der Waals surface area contributed by atoms with Gasteiger partial charge in [-0.2, -0.15) is 4.98 Å². The Morgan fingerprint density at radius 2 is 2.16 bits per heavy atom. The van der Waals surface area contributed by atoms with Gasteiger partial charge in [0.15, 0.2) is 0 Å². The Kier molecular flexibility index (Phi) is 3.64. The molecule has 0 radical (unpaired) electrons. The highest BCUT2D eigenvalue weighted by atomic mass is 16.5. The van der Waals surface area contributed by atoms with Gasteiger partial charge in [0, 0.05) is 36.1 Å². The van der Waals surface area contributed by atoms with Crippen LogP contribution in [-0.2, 0) is 0 Å². The first-order chi connectivity index (χ1) is 12.1. The first-order valence-corrected chi connectivity index (χ1v) is 7.77. The first-order valence-electron chi connectivity index (χ1n) is 7.77. The summed E-state index contributed by atoms with van der Waals surface area (Å²) in [7, 11) is 0. The normalized spacial score (nSPS) is 15.5. The second kappa shape index (κ2) is 5.97. The molecule has 4 rings (SSSR count). The summed E-state index contributed by atoms with van der Waals surface area (Å²) in [5.74, 6) is 1.35. The van der Waals surface area contributed by atoms with Gasteiger partial charge in [0.25, 0.3) is 5.91 Å². The van der Waals surface area contributed by atoms with Crippen LogP contribution < -0.4 is 10.1 Å². The van der Waals surface area contributed by atoms with Gasteiger partial charge >= 0.3 is 0 Å². The molecule has 1 aliphatic heterocycles. The number of nitrogens with one attached hydrogen (secondary N) is 1. The van der Waals surface area contributed by atoms with E-state index in [9.17, 15) is 4.79 Å². The number of aromatic nitrogens is 4. The average molecular weight is 337 g/mol. The van der Waals surface area contributed by atoms with Gasteiger partial charge in [0.2, 0.25) is 11.7 Å². The van der Waals surface area contributed by atoms with Crippen LogP contribution in [0.15, 0.2) is 35.1 Å². The third kappa shape index (κ3) is 2.93. The summed E-state index contributed by atoms with van der Waals surface area (Å²) in [5, 5.41) is 6.81. The van der Waals surface area contributed by atoms with E-state index in [-0.39, 0.29) is 11.9 Å². The molecule has 3 aromatic rings. The first kappa shape index (κ1) is 15.3. The minimum absolute atomic E-state index is 0.188. The number of fused-ring (bicyclic) bond motifs is 1. The Balaban J connectivity index is 1.55. The zero-order valence-corrected chi connectivity index (χ0v) is 13.7. The fraction of sp³-hybridized carbons (Fsp3) is 0.235. The van der Waals surface area contributed by atoms with E-state index in [1.54, 1.807) is 37.5 Å². The van der Waals surface area contributed by atoms with Crippen molar-refractivity contribution in [3.05, 3.63) is 53.4 Å². The van der Waals surface area contributed by atoms with Gasteiger partial charge in [0.05, 0.1) is 0 Å². The molecular formula is C17H15N5O3. The summed E-state index contributed by atoms with van der Waals surface area (Å²) in [4.78, 5) is 25.1. The molecule has 1 N–H and O–H groups in total. The molecule has 3 aromatic heterocycles. The maximum Gasteiger partial charge on any atom is 0.252 e. The van der Waals surface area contributed by atoms with Gasteiger partial charge in [-0.1, -0.05) is 5.16 Å².